The van der Waals surface area contributed by atoms with Crippen molar-refractivity contribution in [3.63, 3.8) is 0 Å². The van der Waals surface area contributed by atoms with E-state index in [4.69, 9.17) is 16.5 Å². The third kappa shape index (κ3) is 13.4. The number of allylic oxidation sites excluding steroid dienone is 10. The number of nitrogens with zero attached hydrogens (tertiary/aromatic N) is 1. The summed E-state index contributed by atoms with van der Waals surface area (Å²) in [5.41, 5.74) is 31.0. The molecule has 0 aliphatic carbocycles. The molecule has 6 nitrogen and oxygen atoms in total. The summed E-state index contributed by atoms with van der Waals surface area (Å²) in [6.07, 6.45) is 22.7. The maximum Gasteiger partial charge on any atom is 0.0867 e. The Labute approximate surface area is 411 Å². The number of nitrogens with two attached hydrogens (primary N) is 2. The summed E-state index contributed by atoms with van der Waals surface area (Å²) in [5.74, 6) is 0. The fraction of sp³-hybridized carbons (Fsp3) is 0.159. The van der Waals surface area contributed by atoms with Crippen LogP contribution in [-0.2, 0) is 0 Å². The maximum atomic E-state index is 6.39. The van der Waals surface area contributed by atoms with Crippen LogP contribution in [0.5, 0.6) is 0 Å². The van der Waals surface area contributed by atoms with Crippen LogP contribution in [0.15, 0.2) is 229 Å². The molecule has 0 bridgehead atoms. The smallest absolute Gasteiger partial charge is 0.0867 e. The van der Waals surface area contributed by atoms with Gasteiger partial charge in [-0.25, -0.2) is 0 Å². The van der Waals surface area contributed by atoms with E-state index in [0.717, 1.165) is 78.3 Å². The van der Waals surface area contributed by atoms with E-state index in [2.05, 4.69) is 188 Å². The quantitative estimate of drug-likeness (QED) is 0.0478. The zero-order chi connectivity index (χ0) is 49.0. The Morgan fingerprint density at radius 1 is 0.652 bits per heavy atom. The largest absolute Gasteiger partial charge is 0.398 e. The summed E-state index contributed by atoms with van der Waals surface area (Å²) < 4.78 is 0. The summed E-state index contributed by atoms with van der Waals surface area (Å²) in [4.78, 5) is 4.83. The topological polar surface area (TPSA) is 100 Å². The van der Waals surface area contributed by atoms with Gasteiger partial charge in [0.1, 0.15) is 0 Å². The van der Waals surface area contributed by atoms with Crippen LogP contribution in [0.4, 0.5) is 0 Å². The van der Waals surface area contributed by atoms with Crippen molar-refractivity contribution in [2.45, 2.75) is 46.7 Å². The third-order valence-corrected chi connectivity index (χ3v) is 11.9. The highest BCUT2D eigenvalue weighted by molar-refractivity contribution is 6.18. The van der Waals surface area contributed by atoms with E-state index >= 15 is 0 Å². The van der Waals surface area contributed by atoms with Gasteiger partial charge >= 0.3 is 0 Å². The highest BCUT2D eigenvalue weighted by Crippen LogP contribution is 2.36. The molecule has 2 aliphatic heterocycles. The average molecular weight is 909 g/mol. The lowest BCUT2D eigenvalue weighted by atomic mass is 9.86. The number of benzene rings is 6. The van der Waals surface area contributed by atoms with E-state index in [1.165, 1.54) is 16.7 Å². The molecule has 2 aliphatic rings. The van der Waals surface area contributed by atoms with Crippen LogP contribution >= 0.6 is 0 Å². The second kappa shape index (κ2) is 26.0. The van der Waals surface area contributed by atoms with Gasteiger partial charge in [0, 0.05) is 17.0 Å². The van der Waals surface area contributed by atoms with E-state index < -0.39 is 0 Å². The Morgan fingerprint density at radius 2 is 1.28 bits per heavy atom. The molecule has 6 aromatic rings. The molecule has 2 heterocycles. The fourth-order valence-electron chi connectivity index (χ4n) is 8.23. The van der Waals surface area contributed by atoms with Gasteiger partial charge in [0.25, 0.3) is 0 Å². The van der Waals surface area contributed by atoms with E-state index in [9.17, 15) is 0 Å². The van der Waals surface area contributed by atoms with Crippen molar-refractivity contribution in [3.8, 4) is 11.1 Å². The Hall–Kier alpha value is -7.77. The van der Waals surface area contributed by atoms with Crippen molar-refractivity contribution in [1.29, 1.82) is 0 Å². The number of aryl methyl sites for hydroxylation is 1. The van der Waals surface area contributed by atoms with Crippen molar-refractivity contribution in [2.75, 3.05) is 20.8 Å². The van der Waals surface area contributed by atoms with Crippen LogP contribution in [-0.4, -0.2) is 26.5 Å². The van der Waals surface area contributed by atoms with Crippen LogP contribution < -0.4 is 27.4 Å². The molecule has 6 heteroatoms. The zero-order valence-electron chi connectivity index (χ0n) is 41.2. The molecule has 0 aromatic heterocycles. The van der Waals surface area contributed by atoms with Gasteiger partial charge in [0.05, 0.1) is 24.5 Å². The lowest BCUT2D eigenvalue weighted by Crippen LogP contribution is -2.21. The second-order valence-electron chi connectivity index (χ2n) is 16.8. The second-order valence-corrected chi connectivity index (χ2v) is 16.8. The summed E-state index contributed by atoms with van der Waals surface area (Å²) in [6.45, 7) is 10.5. The van der Waals surface area contributed by atoms with Gasteiger partial charge in [-0.3, -0.25) is 4.99 Å². The number of aliphatic imine (C=N–C) groups is 1. The molecule has 8 rings (SSSR count). The highest BCUT2D eigenvalue weighted by atomic mass is 14.9. The number of dihydropyridines is 2. The molecule has 0 saturated heterocycles. The van der Waals surface area contributed by atoms with E-state index in [1.54, 1.807) is 0 Å². The van der Waals surface area contributed by atoms with Crippen molar-refractivity contribution in [2.24, 2.45) is 16.5 Å². The third-order valence-electron chi connectivity index (χ3n) is 11.9. The highest BCUT2D eigenvalue weighted by Gasteiger charge is 2.21. The predicted molar refractivity (Wildman–Crippen MR) is 298 cm³/mol. The SMILES string of the molecule is C/C=C\C.C/C=C\C=C(/N)c1ccc(C2C=C(c3ccc(C4C=CC=CN4)cc3)C=C(c3ccc(-c4cccc(/C(=C(C)\C(=N/CN)c5ccccc5)c5ccccc5C)c4)cc3)N2)cc1.CNC. The minimum absolute atomic E-state index is 0.0533. The molecule has 0 saturated carbocycles. The molecule has 2 unspecified atom stereocenters. The van der Waals surface area contributed by atoms with Crippen molar-refractivity contribution >= 4 is 28.3 Å². The first-order valence-electron chi connectivity index (χ1n) is 23.8. The molecule has 7 N–H and O–H groups in total. The number of hydrogen-bond acceptors (Lipinski definition) is 6. The van der Waals surface area contributed by atoms with Gasteiger partial charge in [0.15, 0.2) is 0 Å². The standard InChI is InChI=1S/C57H53N5.C4H8.C2H7N/c1-4-5-20-52(59)43-26-32-46(33-27-43)55-37-50(42-24-28-44(29-25-42)53-21-11-12-34-60-53)36-54(62-55)45-30-22-41(23-31-45)48-17-13-18-49(35-48)56(51-19-10-9-14-39(51)2)40(3)57(61-38-58)47-15-7-6-8-16-47;1-3-4-2;1-3-2/h4-37,53,55,60,62H,38,58-59H2,1-3H3;3-4H,1-2H3;3H,1-2H3/b5-4-,52-20-,56-40+,61-57+;4-3-;. The Bertz CT molecular complexity index is 2880. The lowest BCUT2D eigenvalue weighted by molar-refractivity contribution is 0.746. The zero-order valence-corrected chi connectivity index (χ0v) is 41.2. The average Bonchev–Trinajstić information content (AvgIpc) is 3.41. The normalized spacial score (nSPS) is 16.0. The Morgan fingerprint density at radius 3 is 1.91 bits per heavy atom. The fourth-order valence-corrected chi connectivity index (χ4v) is 8.23. The monoisotopic (exact) mass is 909 g/mol. The van der Waals surface area contributed by atoms with Crippen LogP contribution in [0.1, 0.15) is 89.8 Å². The van der Waals surface area contributed by atoms with Gasteiger partial charge in [-0.05, 0) is 158 Å². The molecule has 69 heavy (non-hydrogen) atoms. The minimum Gasteiger partial charge on any atom is -0.398 e. The van der Waals surface area contributed by atoms with Crippen LogP contribution in [0.25, 0.3) is 33.7 Å². The van der Waals surface area contributed by atoms with Gasteiger partial charge in [0.2, 0.25) is 0 Å². The van der Waals surface area contributed by atoms with Crippen LogP contribution in [0.2, 0.25) is 0 Å². The Balaban J connectivity index is 0.00000105. The van der Waals surface area contributed by atoms with Gasteiger partial charge in [-0.2, -0.15) is 0 Å². The molecule has 2 atom stereocenters. The summed E-state index contributed by atoms with van der Waals surface area (Å²) >= 11 is 0. The van der Waals surface area contributed by atoms with Gasteiger partial charge < -0.3 is 27.4 Å². The molecule has 0 radical (unpaired) electrons. The van der Waals surface area contributed by atoms with Crippen molar-refractivity contribution in [3.05, 3.63) is 274 Å². The van der Waals surface area contributed by atoms with Gasteiger partial charge in [-0.1, -0.05) is 182 Å². The summed E-state index contributed by atoms with van der Waals surface area (Å²) in [6, 6.07) is 54.1. The Kier molecular flexibility index (Phi) is 19.0. The van der Waals surface area contributed by atoms with Crippen LogP contribution in [0, 0.1) is 6.92 Å². The first-order valence-corrected chi connectivity index (χ1v) is 23.8. The molecule has 6 aromatic carbocycles. The molecular weight excluding hydrogens is 841 g/mol. The number of nitrogens with one attached hydrogen (secondary N) is 3. The first kappa shape index (κ1) is 50.6. The first-order chi connectivity index (χ1) is 33.7. The summed E-state index contributed by atoms with van der Waals surface area (Å²) in [5, 5.41) is 10.0. The summed E-state index contributed by atoms with van der Waals surface area (Å²) in [7, 11) is 3.75. The number of hydrogen-bond donors (Lipinski definition) is 5. The van der Waals surface area contributed by atoms with E-state index in [1.807, 2.05) is 95.7 Å². The van der Waals surface area contributed by atoms with Gasteiger partial charge in [-0.15, -0.1) is 0 Å². The van der Waals surface area contributed by atoms with E-state index in [0.29, 0.717) is 0 Å². The minimum atomic E-state index is -0.0533. The van der Waals surface area contributed by atoms with E-state index in [-0.39, 0.29) is 18.8 Å². The molecule has 0 spiro atoms. The maximum absolute atomic E-state index is 6.39. The molecule has 0 amide bonds. The van der Waals surface area contributed by atoms with Crippen molar-refractivity contribution in [1.82, 2.24) is 16.0 Å². The van der Waals surface area contributed by atoms with Crippen LogP contribution in [0.3, 0.4) is 0 Å². The lowest BCUT2D eigenvalue weighted by Gasteiger charge is -2.26. The molecule has 0 fully saturated rings. The molecule has 350 valence electrons. The van der Waals surface area contributed by atoms with Crippen molar-refractivity contribution < 1.29 is 0 Å². The number of rotatable bonds is 12. The predicted octanol–water partition coefficient (Wildman–Crippen LogP) is 13.7. The molecular formula is C63H68N6.